The van der Waals surface area contributed by atoms with E-state index in [1.807, 2.05) is 13.1 Å². The van der Waals surface area contributed by atoms with Crippen LogP contribution in [0.1, 0.15) is 41.2 Å². The van der Waals surface area contributed by atoms with E-state index < -0.39 is 39.5 Å². The summed E-state index contributed by atoms with van der Waals surface area (Å²) >= 11 is 0.936. The fourth-order valence-corrected chi connectivity index (χ4v) is 5.13. The second-order valence-electron chi connectivity index (χ2n) is 9.18. The fourth-order valence-electron chi connectivity index (χ4n) is 4.06. The molecule has 2 aromatic heterocycles. The third-order valence-electron chi connectivity index (χ3n) is 5.88. The molecule has 0 aliphatic heterocycles. The molecule has 0 atom stereocenters. The van der Waals surface area contributed by atoms with Gasteiger partial charge in [-0.3, -0.25) is 9.48 Å². The number of aromatic nitrogens is 4. The van der Waals surface area contributed by atoms with Crippen LogP contribution >= 0.6 is 11.8 Å². The number of nitrogens with zero attached hydrogens (tertiary/aromatic N) is 4. The molecule has 0 aliphatic carbocycles. The van der Waals surface area contributed by atoms with Gasteiger partial charge in [0.05, 0.1) is 5.69 Å². The van der Waals surface area contributed by atoms with E-state index in [2.05, 4.69) is 15.1 Å². The van der Waals surface area contributed by atoms with Crippen molar-refractivity contribution in [3.63, 3.8) is 0 Å². The average molecular weight is 532 g/mol. The molecular formula is C26H25F4N5OS. The highest BCUT2D eigenvalue weighted by molar-refractivity contribution is 8.00. The van der Waals surface area contributed by atoms with Gasteiger partial charge in [-0.2, -0.15) is 5.10 Å². The van der Waals surface area contributed by atoms with Crippen LogP contribution in [0.4, 0.5) is 17.6 Å². The minimum atomic E-state index is -1.30. The molecule has 1 amide bonds. The molecule has 37 heavy (non-hydrogen) atoms. The van der Waals surface area contributed by atoms with Gasteiger partial charge in [0.25, 0.3) is 5.91 Å². The SMILES string of the molecule is Cc1nn(C)cc1CN(C)C(=O)c1[nH]c(SC(C)(C)c2c(F)ccc(F)c2F)nc1-c1ccc(F)cc1. The molecule has 0 fully saturated rings. The summed E-state index contributed by atoms with van der Waals surface area (Å²) in [4.78, 5) is 22.5. The summed E-state index contributed by atoms with van der Waals surface area (Å²) in [5.41, 5.74) is 2.03. The van der Waals surface area contributed by atoms with E-state index in [-0.39, 0.29) is 23.1 Å². The third-order valence-corrected chi connectivity index (χ3v) is 6.98. The Hall–Kier alpha value is -3.60. The average Bonchev–Trinajstić information content (AvgIpc) is 3.37. The lowest BCUT2D eigenvalue weighted by Gasteiger charge is -2.24. The van der Waals surface area contributed by atoms with Crippen LogP contribution in [0, 0.1) is 30.2 Å². The number of H-pyrrole nitrogens is 1. The number of carbonyl (C=O) groups is 1. The number of nitrogens with one attached hydrogen (secondary N) is 1. The standard InChI is InChI=1S/C26H25F4N5OS/c1-14-16(13-35(5)33-14)12-34(4)24(36)23-22(15-6-8-17(27)9-7-15)31-25(32-23)37-26(2,3)20-18(28)10-11-19(29)21(20)30/h6-11,13H,12H2,1-5H3,(H,31,32). The second kappa shape index (κ2) is 10.0. The maximum atomic E-state index is 14.6. The Morgan fingerprint density at radius 1 is 1.08 bits per heavy atom. The van der Waals surface area contributed by atoms with Crippen molar-refractivity contribution in [1.29, 1.82) is 0 Å². The van der Waals surface area contributed by atoms with Gasteiger partial charge in [0.1, 0.15) is 23.0 Å². The number of rotatable bonds is 7. The minimum Gasteiger partial charge on any atom is -0.336 e. The molecule has 1 N–H and O–H groups in total. The first-order valence-corrected chi connectivity index (χ1v) is 12.1. The van der Waals surface area contributed by atoms with Crippen LogP contribution in [0.15, 0.2) is 47.8 Å². The zero-order valence-electron chi connectivity index (χ0n) is 20.9. The lowest BCUT2D eigenvalue weighted by Crippen LogP contribution is -2.27. The zero-order chi connectivity index (χ0) is 27.1. The predicted molar refractivity (Wildman–Crippen MR) is 133 cm³/mol. The van der Waals surface area contributed by atoms with E-state index >= 15 is 0 Å². The van der Waals surface area contributed by atoms with E-state index in [1.54, 1.807) is 18.8 Å². The van der Waals surface area contributed by atoms with Crippen molar-refractivity contribution in [1.82, 2.24) is 24.6 Å². The summed E-state index contributed by atoms with van der Waals surface area (Å²) in [6, 6.07) is 7.06. The largest absolute Gasteiger partial charge is 0.336 e. The molecule has 194 valence electrons. The first-order chi connectivity index (χ1) is 17.4. The number of thioether (sulfide) groups is 1. The van der Waals surface area contributed by atoms with Gasteiger partial charge in [0.15, 0.2) is 16.8 Å². The van der Waals surface area contributed by atoms with Gasteiger partial charge in [-0.25, -0.2) is 22.5 Å². The molecule has 0 saturated heterocycles. The number of amides is 1. The maximum Gasteiger partial charge on any atom is 0.272 e. The van der Waals surface area contributed by atoms with E-state index in [1.165, 1.54) is 43.0 Å². The maximum absolute atomic E-state index is 14.6. The molecule has 2 aromatic carbocycles. The summed E-state index contributed by atoms with van der Waals surface area (Å²) in [6.45, 7) is 5.17. The topological polar surface area (TPSA) is 66.8 Å². The first-order valence-electron chi connectivity index (χ1n) is 11.3. The number of hydrogen-bond donors (Lipinski definition) is 1. The lowest BCUT2D eigenvalue weighted by molar-refractivity contribution is 0.0780. The summed E-state index contributed by atoms with van der Waals surface area (Å²) in [5, 5.41) is 4.48. The van der Waals surface area contributed by atoms with Crippen LogP contribution in [0.25, 0.3) is 11.3 Å². The summed E-state index contributed by atoms with van der Waals surface area (Å²) in [7, 11) is 3.41. The highest BCUT2D eigenvalue weighted by atomic mass is 32.2. The number of aromatic amines is 1. The molecule has 0 bridgehead atoms. The van der Waals surface area contributed by atoms with Crippen LogP contribution in [-0.2, 0) is 18.3 Å². The molecule has 6 nitrogen and oxygen atoms in total. The molecule has 0 radical (unpaired) electrons. The van der Waals surface area contributed by atoms with Crippen LogP contribution in [-0.4, -0.2) is 37.6 Å². The van der Waals surface area contributed by atoms with E-state index in [0.29, 0.717) is 5.56 Å². The Balaban J connectivity index is 1.72. The number of carbonyl (C=O) groups excluding carboxylic acids is 1. The third kappa shape index (κ3) is 5.41. The van der Waals surface area contributed by atoms with Gasteiger partial charge in [0.2, 0.25) is 0 Å². The van der Waals surface area contributed by atoms with Crippen molar-refractivity contribution in [2.75, 3.05) is 7.05 Å². The zero-order valence-corrected chi connectivity index (χ0v) is 21.7. The molecule has 0 unspecified atom stereocenters. The van der Waals surface area contributed by atoms with E-state index in [4.69, 9.17) is 0 Å². The first kappa shape index (κ1) is 26.5. The normalized spacial score (nSPS) is 11.7. The Morgan fingerprint density at radius 2 is 1.73 bits per heavy atom. The molecule has 0 spiro atoms. The number of halogens is 4. The van der Waals surface area contributed by atoms with Crippen LogP contribution in [0.2, 0.25) is 0 Å². The highest BCUT2D eigenvalue weighted by Gasteiger charge is 2.33. The predicted octanol–water partition coefficient (Wildman–Crippen LogP) is 5.97. The van der Waals surface area contributed by atoms with Gasteiger partial charge in [0, 0.05) is 48.3 Å². The molecule has 4 aromatic rings. The molecule has 4 rings (SSSR count). The lowest BCUT2D eigenvalue weighted by atomic mass is 10.0. The van der Waals surface area contributed by atoms with Crippen molar-refractivity contribution < 1.29 is 22.4 Å². The number of benzene rings is 2. The van der Waals surface area contributed by atoms with Crippen molar-refractivity contribution in [2.45, 2.75) is 37.2 Å². The second-order valence-corrected chi connectivity index (χ2v) is 10.8. The molecule has 0 saturated carbocycles. The van der Waals surface area contributed by atoms with Gasteiger partial charge < -0.3 is 9.88 Å². The van der Waals surface area contributed by atoms with Gasteiger partial charge in [-0.15, -0.1) is 0 Å². The Kier molecular flexibility index (Phi) is 7.18. The van der Waals surface area contributed by atoms with Crippen LogP contribution in [0.5, 0.6) is 0 Å². The molecule has 11 heteroatoms. The summed E-state index contributed by atoms with van der Waals surface area (Å²) in [6.07, 6.45) is 1.82. The Morgan fingerprint density at radius 3 is 2.35 bits per heavy atom. The summed E-state index contributed by atoms with van der Waals surface area (Å²) < 4.78 is 56.9. The van der Waals surface area contributed by atoms with Crippen molar-refractivity contribution in [2.24, 2.45) is 7.05 Å². The number of imidazole rings is 1. The van der Waals surface area contributed by atoms with E-state index in [0.717, 1.165) is 35.2 Å². The van der Waals surface area contributed by atoms with Gasteiger partial charge in [-0.05, 0) is 57.2 Å². The van der Waals surface area contributed by atoms with E-state index in [9.17, 15) is 22.4 Å². The van der Waals surface area contributed by atoms with Crippen molar-refractivity contribution in [3.8, 4) is 11.3 Å². The Bertz CT molecular complexity index is 1460. The van der Waals surface area contributed by atoms with Crippen LogP contribution in [0.3, 0.4) is 0 Å². The monoisotopic (exact) mass is 531 g/mol. The fraction of sp³-hybridized carbons (Fsp3) is 0.269. The smallest absolute Gasteiger partial charge is 0.272 e. The van der Waals surface area contributed by atoms with Crippen molar-refractivity contribution in [3.05, 3.63) is 88.4 Å². The van der Waals surface area contributed by atoms with Crippen LogP contribution < -0.4 is 0 Å². The summed E-state index contributed by atoms with van der Waals surface area (Å²) in [5.74, 6) is -4.21. The van der Waals surface area contributed by atoms with Crippen molar-refractivity contribution >= 4 is 17.7 Å². The minimum absolute atomic E-state index is 0.120. The quantitative estimate of drug-likeness (QED) is 0.181. The highest BCUT2D eigenvalue weighted by Crippen LogP contribution is 2.43. The Labute approximate surface area is 215 Å². The van der Waals surface area contributed by atoms with Gasteiger partial charge >= 0.3 is 0 Å². The van der Waals surface area contributed by atoms with Gasteiger partial charge in [-0.1, -0.05) is 11.8 Å². The number of aryl methyl sites for hydroxylation is 2. The molecule has 2 heterocycles. The molecule has 0 aliphatic rings. The number of hydrogen-bond acceptors (Lipinski definition) is 4. The molecular weight excluding hydrogens is 506 g/mol.